The third kappa shape index (κ3) is 5.16. The topological polar surface area (TPSA) is 9.72 Å². The number of anilines is 3. The Bertz CT molecular complexity index is 1500. The van der Waals surface area contributed by atoms with Crippen molar-refractivity contribution < 1.29 is 0 Å². The lowest BCUT2D eigenvalue weighted by molar-refractivity contribution is 0.851. The van der Waals surface area contributed by atoms with E-state index in [-0.39, 0.29) is 0 Å². The van der Waals surface area contributed by atoms with E-state index in [0.29, 0.717) is 5.92 Å². The summed E-state index contributed by atoms with van der Waals surface area (Å²) in [6.07, 6.45) is 0. The fraction of sp³-hybridized carbons (Fsp3) is 0.436. The van der Waals surface area contributed by atoms with E-state index in [4.69, 9.17) is 0 Å². The van der Waals surface area contributed by atoms with Gasteiger partial charge in [-0.2, -0.15) is 0 Å². The van der Waals surface area contributed by atoms with E-state index in [1.54, 1.807) is 5.20 Å². The molecular formula is C39H55N3Si. The minimum atomic E-state index is -2.90. The summed E-state index contributed by atoms with van der Waals surface area (Å²) in [5, 5.41) is 6.22. The lowest BCUT2D eigenvalue weighted by Crippen LogP contribution is -2.71. The van der Waals surface area contributed by atoms with E-state index in [2.05, 4.69) is 163 Å². The van der Waals surface area contributed by atoms with Gasteiger partial charge < -0.3 is 14.7 Å². The molecule has 3 aromatic rings. The maximum absolute atomic E-state index is 2.90. The van der Waals surface area contributed by atoms with Gasteiger partial charge in [0.1, 0.15) is 0 Å². The molecule has 0 spiro atoms. The van der Waals surface area contributed by atoms with Crippen LogP contribution >= 0.6 is 0 Å². The molecule has 0 aliphatic heterocycles. The fourth-order valence-electron chi connectivity index (χ4n) is 7.92. The molecule has 1 aliphatic carbocycles. The van der Waals surface area contributed by atoms with E-state index in [9.17, 15) is 0 Å². The van der Waals surface area contributed by atoms with Crippen LogP contribution in [0.1, 0.15) is 61.1 Å². The Labute approximate surface area is 263 Å². The molecule has 0 saturated carbocycles. The van der Waals surface area contributed by atoms with Gasteiger partial charge in [-0.1, -0.05) is 41.5 Å². The lowest BCUT2D eigenvalue weighted by Gasteiger charge is -2.43. The summed E-state index contributed by atoms with van der Waals surface area (Å²) in [5.41, 5.74) is 16.6. The summed E-state index contributed by atoms with van der Waals surface area (Å²) in [4.78, 5) is 6.92. The van der Waals surface area contributed by atoms with Crippen molar-refractivity contribution in [3.63, 3.8) is 0 Å². The van der Waals surface area contributed by atoms with Gasteiger partial charge in [-0.3, -0.25) is 0 Å². The number of aryl methyl sites for hydroxylation is 3. The molecule has 43 heavy (non-hydrogen) atoms. The summed E-state index contributed by atoms with van der Waals surface area (Å²) in [6.45, 7) is 23.6. The fourth-order valence-corrected chi connectivity index (χ4v) is 14.7. The average Bonchev–Trinajstić information content (AvgIpc) is 3.11. The SMILES string of the molecule is CC1=C(C)C(C)C([Si](c2cc(C)cc(N(C)C)c2C)(c2cc(C)cc(N(C)C)c2C)c2cc(C)cc(N(C)C)c2C)=C1C. The van der Waals surface area contributed by atoms with Crippen molar-refractivity contribution in [1.82, 2.24) is 0 Å². The summed E-state index contributed by atoms with van der Waals surface area (Å²) < 4.78 is 0. The second-order valence-corrected chi connectivity index (χ2v) is 17.5. The van der Waals surface area contributed by atoms with Crippen LogP contribution in [0.3, 0.4) is 0 Å². The summed E-state index contributed by atoms with van der Waals surface area (Å²) in [5.74, 6) is 0.361. The van der Waals surface area contributed by atoms with Crippen molar-refractivity contribution in [1.29, 1.82) is 0 Å². The molecule has 0 heterocycles. The smallest absolute Gasteiger partial charge is 0.177 e. The molecule has 3 nitrogen and oxygen atoms in total. The van der Waals surface area contributed by atoms with E-state index < -0.39 is 8.07 Å². The zero-order chi connectivity index (χ0) is 32.3. The Morgan fingerprint density at radius 1 is 0.465 bits per heavy atom. The van der Waals surface area contributed by atoms with Gasteiger partial charge in [-0.25, -0.2) is 0 Å². The van der Waals surface area contributed by atoms with Gasteiger partial charge in [0.25, 0.3) is 0 Å². The number of hydrogen-bond acceptors (Lipinski definition) is 3. The van der Waals surface area contributed by atoms with Crippen molar-refractivity contribution in [2.75, 3.05) is 57.0 Å². The Hall–Kier alpha value is -3.24. The van der Waals surface area contributed by atoms with Gasteiger partial charge in [-0.15, -0.1) is 0 Å². The van der Waals surface area contributed by atoms with E-state index >= 15 is 0 Å². The minimum absolute atomic E-state index is 0.361. The van der Waals surface area contributed by atoms with Crippen LogP contribution in [0.5, 0.6) is 0 Å². The van der Waals surface area contributed by atoms with Crippen LogP contribution < -0.4 is 30.3 Å². The molecule has 230 valence electrons. The number of benzene rings is 3. The van der Waals surface area contributed by atoms with Gasteiger partial charge in [0, 0.05) is 59.3 Å². The molecule has 3 aromatic carbocycles. The zero-order valence-corrected chi connectivity index (χ0v) is 30.9. The number of nitrogens with zero attached hydrogens (tertiary/aromatic N) is 3. The molecule has 4 rings (SSSR count). The van der Waals surface area contributed by atoms with Crippen LogP contribution in [0.2, 0.25) is 0 Å². The molecule has 0 N–H and O–H groups in total. The highest BCUT2D eigenvalue weighted by Gasteiger charge is 2.51. The molecule has 0 bridgehead atoms. The molecule has 0 saturated heterocycles. The Morgan fingerprint density at radius 3 is 1.00 bits per heavy atom. The van der Waals surface area contributed by atoms with E-state index in [1.165, 1.54) is 82.7 Å². The van der Waals surface area contributed by atoms with Gasteiger partial charge >= 0.3 is 0 Å². The largest absolute Gasteiger partial charge is 0.377 e. The monoisotopic (exact) mass is 593 g/mol. The van der Waals surface area contributed by atoms with Crippen molar-refractivity contribution >= 4 is 40.7 Å². The van der Waals surface area contributed by atoms with Crippen LogP contribution in [0, 0.1) is 47.5 Å². The third-order valence-electron chi connectivity index (χ3n) is 10.3. The average molecular weight is 594 g/mol. The second kappa shape index (κ2) is 11.7. The molecule has 0 radical (unpaired) electrons. The highest BCUT2D eigenvalue weighted by molar-refractivity contribution is 7.17. The zero-order valence-electron chi connectivity index (χ0n) is 29.9. The first-order chi connectivity index (χ1) is 20.0. The highest BCUT2D eigenvalue weighted by atomic mass is 28.3. The second-order valence-electron chi connectivity index (χ2n) is 13.9. The van der Waals surface area contributed by atoms with Crippen molar-refractivity contribution in [3.8, 4) is 0 Å². The summed E-state index contributed by atoms with van der Waals surface area (Å²) >= 11 is 0. The molecule has 0 fully saturated rings. The van der Waals surface area contributed by atoms with Crippen molar-refractivity contribution in [2.45, 2.75) is 69.2 Å². The first-order valence-electron chi connectivity index (χ1n) is 15.7. The predicted octanol–water partition coefficient (Wildman–Crippen LogP) is 7.05. The Morgan fingerprint density at radius 2 is 0.767 bits per heavy atom. The van der Waals surface area contributed by atoms with E-state index in [0.717, 1.165) is 0 Å². The van der Waals surface area contributed by atoms with Crippen LogP contribution in [0.25, 0.3) is 0 Å². The number of allylic oxidation sites excluding steroid dienone is 4. The molecule has 0 amide bonds. The molecule has 0 aromatic heterocycles. The number of hydrogen-bond donors (Lipinski definition) is 0. The standard InChI is InChI=1S/C39H55N3Si/c1-23-17-33(40(11)12)30(8)36(20-23)43(39-28(6)26(4)27(5)29(39)7,37-21-24(2)18-34(31(37)9)41(13)14)38-22-25(3)19-35(32(38)10)42(15)16/h17-22,28H,1-16H3. The molecule has 1 atom stereocenters. The third-order valence-corrected chi connectivity index (χ3v) is 15.9. The molecule has 4 heteroatoms. The first kappa shape index (κ1) is 32.7. The molecule has 1 unspecified atom stereocenters. The van der Waals surface area contributed by atoms with Crippen LogP contribution in [0.15, 0.2) is 58.3 Å². The van der Waals surface area contributed by atoms with Crippen molar-refractivity contribution in [2.24, 2.45) is 5.92 Å². The van der Waals surface area contributed by atoms with Gasteiger partial charge in [0.05, 0.1) is 0 Å². The van der Waals surface area contributed by atoms with Crippen LogP contribution in [-0.4, -0.2) is 50.4 Å². The predicted molar refractivity (Wildman–Crippen MR) is 196 cm³/mol. The van der Waals surface area contributed by atoms with Gasteiger partial charge in [-0.05, 0) is 141 Å². The summed E-state index contributed by atoms with van der Waals surface area (Å²) in [6, 6.07) is 14.8. The molecule has 1 aliphatic rings. The highest BCUT2D eigenvalue weighted by Crippen LogP contribution is 2.43. The van der Waals surface area contributed by atoms with Crippen LogP contribution in [-0.2, 0) is 0 Å². The van der Waals surface area contributed by atoms with Crippen molar-refractivity contribution in [3.05, 3.63) is 91.7 Å². The maximum Gasteiger partial charge on any atom is 0.177 e. The molecular weight excluding hydrogens is 539 g/mol. The normalized spacial score (nSPS) is 15.5. The Kier molecular flexibility index (Phi) is 8.88. The van der Waals surface area contributed by atoms with Crippen LogP contribution in [0.4, 0.5) is 17.1 Å². The first-order valence-corrected chi connectivity index (χ1v) is 17.7. The quantitative estimate of drug-likeness (QED) is 0.215. The number of rotatable bonds is 7. The van der Waals surface area contributed by atoms with Gasteiger partial charge in [0.15, 0.2) is 8.07 Å². The van der Waals surface area contributed by atoms with Gasteiger partial charge in [0.2, 0.25) is 0 Å². The lowest BCUT2D eigenvalue weighted by atomic mass is 10.1. The maximum atomic E-state index is 2.55. The minimum Gasteiger partial charge on any atom is -0.377 e. The van der Waals surface area contributed by atoms with E-state index in [1.807, 2.05) is 0 Å². The summed E-state index contributed by atoms with van der Waals surface area (Å²) in [7, 11) is 10.2. The Balaban J connectivity index is 2.46.